The first-order chi connectivity index (χ1) is 9.83. The highest BCUT2D eigenvalue weighted by Crippen LogP contribution is 2.32. The van der Waals surface area contributed by atoms with Crippen molar-refractivity contribution in [3.8, 4) is 5.75 Å². The van der Waals surface area contributed by atoms with E-state index in [4.69, 9.17) is 16.3 Å². The summed E-state index contributed by atoms with van der Waals surface area (Å²) < 4.78 is 5.36. The molecule has 2 aromatic rings. The number of aliphatic hydroxyl groups is 1. The van der Waals surface area contributed by atoms with Crippen molar-refractivity contribution in [3.63, 3.8) is 0 Å². The standard InChI is InChI=1S/C18H21ClO2/c1-12-5-6-15(9-13(12)2)18(3,20)11-14-10-16(19)7-8-17(14)21-4/h5-10,20H,11H2,1-4H3. The molecule has 0 radical (unpaired) electrons. The summed E-state index contributed by atoms with van der Waals surface area (Å²) in [5.41, 5.74) is 3.21. The van der Waals surface area contributed by atoms with Crippen LogP contribution in [0.3, 0.4) is 0 Å². The zero-order valence-electron chi connectivity index (χ0n) is 12.9. The quantitative estimate of drug-likeness (QED) is 0.906. The van der Waals surface area contributed by atoms with Crippen LogP contribution in [0.5, 0.6) is 5.75 Å². The van der Waals surface area contributed by atoms with E-state index in [1.165, 1.54) is 11.1 Å². The van der Waals surface area contributed by atoms with Crippen molar-refractivity contribution in [1.82, 2.24) is 0 Å². The van der Waals surface area contributed by atoms with Gasteiger partial charge in [-0.3, -0.25) is 0 Å². The Morgan fingerprint density at radius 1 is 1.10 bits per heavy atom. The van der Waals surface area contributed by atoms with Gasteiger partial charge in [0, 0.05) is 11.4 Å². The minimum absolute atomic E-state index is 0.444. The first-order valence-corrected chi connectivity index (χ1v) is 7.34. The van der Waals surface area contributed by atoms with E-state index in [1.54, 1.807) is 13.2 Å². The molecule has 112 valence electrons. The van der Waals surface area contributed by atoms with E-state index in [1.807, 2.05) is 37.3 Å². The summed E-state index contributed by atoms with van der Waals surface area (Å²) in [6, 6.07) is 11.5. The van der Waals surface area contributed by atoms with Crippen molar-refractivity contribution >= 4 is 11.6 Å². The second-order valence-corrected chi connectivity index (χ2v) is 6.14. The number of ether oxygens (including phenoxy) is 1. The fraction of sp³-hybridized carbons (Fsp3) is 0.333. The average Bonchev–Trinajstić information content (AvgIpc) is 2.41. The summed E-state index contributed by atoms with van der Waals surface area (Å²) in [6.45, 7) is 5.93. The number of hydrogen-bond acceptors (Lipinski definition) is 2. The second-order valence-electron chi connectivity index (χ2n) is 5.71. The zero-order chi connectivity index (χ0) is 15.6. The van der Waals surface area contributed by atoms with Gasteiger partial charge in [0.2, 0.25) is 0 Å². The van der Waals surface area contributed by atoms with Gasteiger partial charge in [-0.05, 0) is 61.2 Å². The molecule has 2 nitrogen and oxygen atoms in total. The maximum Gasteiger partial charge on any atom is 0.122 e. The molecule has 2 rings (SSSR count). The fourth-order valence-electron chi connectivity index (χ4n) is 2.43. The van der Waals surface area contributed by atoms with Gasteiger partial charge < -0.3 is 9.84 Å². The molecule has 0 aliphatic carbocycles. The van der Waals surface area contributed by atoms with Gasteiger partial charge in [-0.15, -0.1) is 0 Å². The maximum absolute atomic E-state index is 10.9. The minimum atomic E-state index is -0.976. The van der Waals surface area contributed by atoms with Gasteiger partial charge in [-0.2, -0.15) is 0 Å². The van der Waals surface area contributed by atoms with Gasteiger partial charge in [0.15, 0.2) is 0 Å². The molecule has 0 spiro atoms. The molecule has 1 unspecified atom stereocenters. The lowest BCUT2D eigenvalue weighted by Gasteiger charge is -2.26. The Morgan fingerprint density at radius 2 is 1.81 bits per heavy atom. The molecule has 21 heavy (non-hydrogen) atoms. The number of methoxy groups -OCH3 is 1. The zero-order valence-corrected chi connectivity index (χ0v) is 13.7. The highest BCUT2D eigenvalue weighted by atomic mass is 35.5. The average molecular weight is 305 g/mol. The molecule has 2 aromatic carbocycles. The van der Waals surface area contributed by atoms with Crippen LogP contribution in [0.1, 0.15) is 29.2 Å². The van der Waals surface area contributed by atoms with Crippen LogP contribution in [0.15, 0.2) is 36.4 Å². The first kappa shape index (κ1) is 15.9. The topological polar surface area (TPSA) is 29.5 Å². The largest absolute Gasteiger partial charge is 0.496 e. The molecule has 0 amide bonds. The molecular formula is C18H21ClO2. The number of benzene rings is 2. The monoisotopic (exact) mass is 304 g/mol. The lowest BCUT2D eigenvalue weighted by molar-refractivity contribution is 0.0569. The Labute approximate surface area is 131 Å². The van der Waals surface area contributed by atoms with Gasteiger partial charge in [0.25, 0.3) is 0 Å². The lowest BCUT2D eigenvalue weighted by Crippen LogP contribution is -2.24. The van der Waals surface area contributed by atoms with Gasteiger partial charge in [0.05, 0.1) is 12.7 Å². The Hall–Kier alpha value is -1.51. The summed E-state index contributed by atoms with van der Waals surface area (Å²) in [7, 11) is 1.62. The van der Waals surface area contributed by atoms with E-state index in [9.17, 15) is 5.11 Å². The Balaban J connectivity index is 2.36. The third kappa shape index (κ3) is 3.58. The van der Waals surface area contributed by atoms with Crippen LogP contribution >= 0.6 is 11.6 Å². The van der Waals surface area contributed by atoms with Crippen LogP contribution < -0.4 is 4.74 Å². The molecule has 0 aliphatic rings. The van der Waals surface area contributed by atoms with E-state index in [2.05, 4.69) is 13.8 Å². The Bertz CT molecular complexity index is 648. The summed E-state index contributed by atoms with van der Waals surface area (Å²) in [5.74, 6) is 0.739. The van der Waals surface area contributed by atoms with Crippen molar-refractivity contribution in [1.29, 1.82) is 0 Å². The number of aryl methyl sites for hydroxylation is 2. The predicted molar refractivity (Wildman–Crippen MR) is 87.2 cm³/mol. The van der Waals surface area contributed by atoms with E-state index in [0.29, 0.717) is 11.4 Å². The normalized spacial score (nSPS) is 13.8. The molecular weight excluding hydrogens is 284 g/mol. The Kier molecular flexibility index (Phi) is 4.60. The van der Waals surface area contributed by atoms with Crippen molar-refractivity contribution in [2.45, 2.75) is 32.8 Å². The summed E-state index contributed by atoms with van der Waals surface area (Å²) in [5, 5.41) is 11.5. The molecule has 0 aromatic heterocycles. The van der Waals surface area contributed by atoms with E-state index >= 15 is 0 Å². The van der Waals surface area contributed by atoms with Crippen LogP contribution in [-0.2, 0) is 12.0 Å². The van der Waals surface area contributed by atoms with Crippen molar-refractivity contribution < 1.29 is 9.84 Å². The van der Waals surface area contributed by atoms with Crippen LogP contribution in [-0.4, -0.2) is 12.2 Å². The predicted octanol–water partition coefficient (Wildman–Crippen LogP) is 4.42. The van der Waals surface area contributed by atoms with E-state index in [-0.39, 0.29) is 0 Å². The molecule has 1 N–H and O–H groups in total. The number of hydrogen-bond donors (Lipinski definition) is 1. The lowest BCUT2D eigenvalue weighted by atomic mass is 9.87. The third-order valence-electron chi connectivity index (χ3n) is 3.91. The SMILES string of the molecule is COc1ccc(Cl)cc1CC(C)(O)c1ccc(C)c(C)c1. The highest BCUT2D eigenvalue weighted by Gasteiger charge is 2.25. The van der Waals surface area contributed by atoms with Crippen molar-refractivity contribution in [3.05, 3.63) is 63.7 Å². The molecule has 3 heteroatoms. The first-order valence-electron chi connectivity index (χ1n) is 6.96. The summed E-state index contributed by atoms with van der Waals surface area (Å²) >= 11 is 6.06. The molecule has 0 saturated carbocycles. The van der Waals surface area contributed by atoms with Gasteiger partial charge in [-0.25, -0.2) is 0 Å². The number of rotatable bonds is 4. The van der Waals surface area contributed by atoms with E-state index in [0.717, 1.165) is 16.9 Å². The van der Waals surface area contributed by atoms with Crippen LogP contribution in [0.4, 0.5) is 0 Å². The van der Waals surface area contributed by atoms with Crippen molar-refractivity contribution in [2.75, 3.05) is 7.11 Å². The van der Waals surface area contributed by atoms with Crippen LogP contribution in [0.25, 0.3) is 0 Å². The smallest absolute Gasteiger partial charge is 0.122 e. The van der Waals surface area contributed by atoms with E-state index < -0.39 is 5.60 Å². The van der Waals surface area contributed by atoms with Gasteiger partial charge in [0.1, 0.15) is 5.75 Å². The summed E-state index contributed by atoms with van der Waals surface area (Å²) in [4.78, 5) is 0. The molecule has 0 fully saturated rings. The molecule has 0 bridgehead atoms. The molecule has 0 saturated heterocycles. The Morgan fingerprint density at radius 3 is 2.43 bits per heavy atom. The second kappa shape index (κ2) is 6.08. The minimum Gasteiger partial charge on any atom is -0.496 e. The van der Waals surface area contributed by atoms with Gasteiger partial charge >= 0.3 is 0 Å². The molecule has 0 heterocycles. The van der Waals surface area contributed by atoms with Crippen molar-refractivity contribution in [2.24, 2.45) is 0 Å². The molecule has 1 atom stereocenters. The van der Waals surface area contributed by atoms with Crippen LogP contribution in [0.2, 0.25) is 5.02 Å². The molecule has 0 aliphatic heterocycles. The highest BCUT2D eigenvalue weighted by molar-refractivity contribution is 6.30. The maximum atomic E-state index is 10.9. The fourth-order valence-corrected chi connectivity index (χ4v) is 2.63. The van der Waals surface area contributed by atoms with Crippen LogP contribution in [0, 0.1) is 13.8 Å². The number of halogens is 1. The summed E-state index contributed by atoms with van der Waals surface area (Å²) in [6.07, 6.45) is 0.444. The van der Waals surface area contributed by atoms with Gasteiger partial charge in [-0.1, -0.05) is 29.8 Å². The third-order valence-corrected chi connectivity index (χ3v) is 4.14.